The van der Waals surface area contributed by atoms with E-state index in [-0.39, 0.29) is 23.5 Å². The molecule has 3 aliphatic rings. The molecule has 3 aliphatic heterocycles. The Morgan fingerprint density at radius 2 is 1.95 bits per heavy atom. The largest absolute Gasteiger partial charge is 0.390 e. The van der Waals surface area contributed by atoms with Gasteiger partial charge >= 0.3 is 0 Å². The minimum absolute atomic E-state index is 0.184. The molecule has 21 heavy (non-hydrogen) atoms. The lowest BCUT2D eigenvalue weighted by atomic mass is 9.86. The summed E-state index contributed by atoms with van der Waals surface area (Å²) in [7, 11) is -3.95. The summed E-state index contributed by atoms with van der Waals surface area (Å²) < 4.78 is 41.2. The Hall–Kier alpha value is 0.1000. The van der Waals surface area contributed by atoms with E-state index in [9.17, 15) is 18.6 Å². The van der Waals surface area contributed by atoms with Gasteiger partial charge in [0, 0.05) is 24.0 Å². The van der Waals surface area contributed by atoms with Gasteiger partial charge in [-0.3, -0.25) is 4.55 Å². The predicted octanol–water partition coefficient (Wildman–Crippen LogP) is -0.129. The second-order valence-corrected chi connectivity index (χ2v) is 8.14. The van der Waals surface area contributed by atoms with E-state index in [1.54, 1.807) is 0 Å². The second kappa shape index (κ2) is 7.58. The maximum absolute atomic E-state index is 10.7. The number of thioether (sulfide) groups is 1. The number of hydrogen-bond donors (Lipinski definition) is 3. The molecule has 9 heteroatoms. The van der Waals surface area contributed by atoms with Crippen molar-refractivity contribution in [3.05, 3.63) is 0 Å². The number of aliphatic hydroxyl groups excluding tert-OH is 2. The molecule has 3 rings (SSSR count). The van der Waals surface area contributed by atoms with Gasteiger partial charge in [-0.05, 0) is 12.8 Å². The van der Waals surface area contributed by atoms with E-state index in [1.807, 2.05) is 0 Å². The van der Waals surface area contributed by atoms with E-state index in [4.69, 9.17) is 14.0 Å². The van der Waals surface area contributed by atoms with Crippen LogP contribution in [0.3, 0.4) is 0 Å². The highest BCUT2D eigenvalue weighted by atomic mass is 32.2. The first-order valence-electron chi connectivity index (χ1n) is 7.04. The molecule has 0 saturated carbocycles. The van der Waals surface area contributed by atoms with E-state index in [1.165, 1.54) is 11.8 Å². The van der Waals surface area contributed by atoms with Crippen molar-refractivity contribution >= 4 is 21.9 Å². The number of ether oxygens (including phenoxy) is 2. The van der Waals surface area contributed by atoms with Gasteiger partial charge in [0.25, 0.3) is 10.1 Å². The first kappa shape index (κ1) is 17.5. The molecule has 0 aromatic carbocycles. The van der Waals surface area contributed by atoms with Crippen LogP contribution in [-0.2, 0) is 19.6 Å². The molecule has 3 N–H and O–H groups in total. The standard InChI is InChI=1S/C12H22O7S2/c13-10-8-3-1-2-4-18-12(11(10)14)19-9(8)7-20-5-6-21(15,16)17/h8-14H,1-7H2,(H,15,16,17). The van der Waals surface area contributed by atoms with Gasteiger partial charge in [-0.25, -0.2) is 0 Å². The molecular weight excluding hydrogens is 320 g/mol. The summed E-state index contributed by atoms with van der Waals surface area (Å²) in [5.74, 6) is 0.260. The molecule has 0 aromatic heterocycles. The van der Waals surface area contributed by atoms with Crippen LogP contribution in [0.2, 0.25) is 0 Å². The van der Waals surface area contributed by atoms with Gasteiger partial charge in [-0.15, -0.1) is 0 Å². The minimum Gasteiger partial charge on any atom is -0.390 e. The molecule has 0 spiro atoms. The summed E-state index contributed by atoms with van der Waals surface area (Å²) in [5, 5.41) is 20.2. The SMILES string of the molecule is O=S(=O)(O)CCSCC1OC2OCCCCC1C(O)C2O. The van der Waals surface area contributed by atoms with Crippen LogP contribution in [-0.4, -0.2) is 71.7 Å². The smallest absolute Gasteiger partial charge is 0.265 e. The summed E-state index contributed by atoms with van der Waals surface area (Å²) in [5.41, 5.74) is 0. The Morgan fingerprint density at radius 1 is 1.19 bits per heavy atom. The first-order chi connectivity index (χ1) is 9.88. The van der Waals surface area contributed by atoms with Crippen LogP contribution in [0.15, 0.2) is 0 Å². The fourth-order valence-electron chi connectivity index (χ4n) is 2.69. The molecule has 3 saturated heterocycles. The van der Waals surface area contributed by atoms with Crippen LogP contribution in [0.5, 0.6) is 0 Å². The summed E-state index contributed by atoms with van der Waals surface area (Å²) in [6.45, 7) is 0.490. The molecule has 7 nitrogen and oxygen atoms in total. The van der Waals surface area contributed by atoms with Crippen molar-refractivity contribution in [1.29, 1.82) is 0 Å². The lowest BCUT2D eigenvalue weighted by Crippen LogP contribution is -2.55. The Kier molecular flexibility index (Phi) is 6.30. The van der Waals surface area contributed by atoms with Crippen molar-refractivity contribution < 1.29 is 32.7 Å². The van der Waals surface area contributed by atoms with Crippen molar-refractivity contribution in [2.24, 2.45) is 5.92 Å². The zero-order valence-electron chi connectivity index (χ0n) is 11.6. The van der Waals surface area contributed by atoms with Crippen LogP contribution in [0.25, 0.3) is 0 Å². The van der Waals surface area contributed by atoms with Gasteiger partial charge in [-0.2, -0.15) is 20.2 Å². The molecule has 5 atom stereocenters. The van der Waals surface area contributed by atoms with E-state index in [0.29, 0.717) is 12.4 Å². The van der Waals surface area contributed by atoms with Crippen LogP contribution in [0.4, 0.5) is 0 Å². The molecule has 124 valence electrons. The zero-order valence-corrected chi connectivity index (χ0v) is 13.3. The molecule has 3 fully saturated rings. The highest BCUT2D eigenvalue weighted by Gasteiger charge is 2.44. The van der Waals surface area contributed by atoms with Crippen molar-refractivity contribution in [2.75, 3.05) is 23.9 Å². The first-order valence-corrected chi connectivity index (χ1v) is 9.81. The van der Waals surface area contributed by atoms with Gasteiger partial charge in [0.1, 0.15) is 6.10 Å². The van der Waals surface area contributed by atoms with Gasteiger partial charge in [-0.1, -0.05) is 6.42 Å². The highest BCUT2D eigenvalue weighted by molar-refractivity contribution is 8.00. The summed E-state index contributed by atoms with van der Waals surface area (Å²) in [6.07, 6.45) is -0.590. The lowest BCUT2D eigenvalue weighted by molar-refractivity contribution is -0.277. The molecular formula is C12H22O7S2. The molecule has 0 radical (unpaired) electrons. The van der Waals surface area contributed by atoms with Crippen molar-refractivity contribution in [3.63, 3.8) is 0 Å². The van der Waals surface area contributed by atoms with E-state index >= 15 is 0 Å². The summed E-state index contributed by atoms with van der Waals surface area (Å²) >= 11 is 1.34. The van der Waals surface area contributed by atoms with E-state index in [2.05, 4.69) is 0 Å². The molecule has 0 aromatic rings. The van der Waals surface area contributed by atoms with Crippen molar-refractivity contribution in [3.8, 4) is 0 Å². The van der Waals surface area contributed by atoms with Crippen molar-refractivity contribution in [2.45, 2.75) is 43.9 Å². The second-order valence-electron chi connectivity index (χ2n) is 5.42. The van der Waals surface area contributed by atoms with Gasteiger partial charge in [0.2, 0.25) is 0 Å². The average Bonchev–Trinajstić information content (AvgIpc) is 2.54. The van der Waals surface area contributed by atoms with Crippen molar-refractivity contribution in [1.82, 2.24) is 0 Å². The Morgan fingerprint density at radius 3 is 2.67 bits per heavy atom. The topological polar surface area (TPSA) is 113 Å². The highest BCUT2D eigenvalue weighted by Crippen LogP contribution is 2.33. The van der Waals surface area contributed by atoms with Gasteiger partial charge < -0.3 is 19.7 Å². The number of rotatable bonds is 5. The molecule has 3 heterocycles. The van der Waals surface area contributed by atoms with Crippen LogP contribution >= 0.6 is 11.8 Å². The third-order valence-corrected chi connectivity index (χ3v) is 5.87. The fraction of sp³-hybridized carbons (Fsp3) is 1.00. The van der Waals surface area contributed by atoms with Crippen LogP contribution < -0.4 is 0 Å². The summed E-state index contributed by atoms with van der Waals surface area (Å²) in [4.78, 5) is 0. The monoisotopic (exact) mass is 342 g/mol. The fourth-order valence-corrected chi connectivity index (χ4v) is 4.73. The average molecular weight is 342 g/mol. The normalized spacial score (nSPS) is 37.8. The molecule has 0 aliphatic carbocycles. The summed E-state index contributed by atoms with van der Waals surface area (Å²) in [6, 6.07) is 0. The van der Waals surface area contributed by atoms with Gasteiger partial charge in [0.15, 0.2) is 6.29 Å². The lowest BCUT2D eigenvalue weighted by Gasteiger charge is -2.42. The quantitative estimate of drug-likeness (QED) is 0.468. The molecule has 2 bridgehead atoms. The Labute approximate surface area is 128 Å². The zero-order chi connectivity index (χ0) is 15.5. The van der Waals surface area contributed by atoms with Gasteiger partial charge in [0.05, 0.1) is 18.0 Å². The van der Waals surface area contributed by atoms with E-state index in [0.717, 1.165) is 19.3 Å². The number of fused-ring (bicyclic) bond motifs is 6. The third-order valence-electron chi connectivity index (χ3n) is 3.84. The maximum Gasteiger partial charge on any atom is 0.265 e. The third kappa shape index (κ3) is 5.05. The maximum atomic E-state index is 10.7. The number of hydrogen-bond acceptors (Lipinski definition) is 7. The predicted molar refractivity (Wildman–Crippen MR) is 77.7 cm³/mol. The van der Waals surface area contributed by atoms with E-state index < -0.39 is 28.6 Å². The Bertz CT molecular complexity index is 425. The number of aliphatic hydroxyl groups is 2. The van der Waals surface area contributed by atoms with Crippen LogP contribution in [0.1, 0.15) is 19.3 Å². The minimum atomic E-state index is -3.95. The Balaban J connectivity index is 1.92. The molecule has 0 amide bonds. The molecule has 5 unspecified atom stereocenters. The van der Waals surface area contributed by atoms with Crippen LogP contribution in [0, 0.1) is 5.92 Å².